The van der Waals surface area contributed by atoms with Gasteiger partial charge < -0.3 is 4.90 Å². The molecule has 1 aromatic carbocycles. The van der Waals surface area contributed by atoms with Gasteiger partial charge in [0.25, 0.3) is 0 Å². The summed E-state index contributed by atoms with van der Waals surface area (Å²) >= 11 is 0. The standard InChI is InChI=1S/C12H17N/c1-13(2)9-11-8-12(11)10-6-4-3-5-7-10/h3-7,11-12H,8-9H2,1-2H3/t11-,12?/m1/s1. The summed E-state index contributed by atoms with van der Waals surface area (Å²) in [5.74, 6) is 1.74. The smallest absolute Gasteiger partial charge is 0.000963 e. The fourth-order valence-corrected chi connectivity index (χ4v) is 2.03. The fourth-order valence-electron chi connectivity index (χ4n) is 2.03. The molecular formula is C12H17N. The Balaban J connectivity index is 1.93. The first-order valence-electron chi connectivity index (χ1n) is 4.97. The van der Waals surface area contributed by atoms with Gasteiger partial charge in [0.15, 0.2) is 0 Å². The number of rotatable bonds is 3. The van der Waals surface area contributed by atoms with Gasteiger partial charge in [0, 0.05) is 6.54 Å². The molecule has 0 N–H and O–H groups in total. The largest absolute Gasteiger partial charge is 0.309 e. The summed E-state index contributed by atoms with van der Waals surface area (Å²) in [5.41, 5.74) is 1.52. The lowest BCUT2D eigenvalue weighted by atomic mass is 10.1. The minimum absolute atomic E-state index is 0.837. The molecule has 1 heteroatoms. The molecule has 0 amide bonds. The molecule has 0 radical (unpaired) electrons. The molecule has 13 heavy (non-hydrogen) atoms. The highest BCUT2D eigenvalue weighted by Gasteiger charge is 2.37. The zero-order valence-electron chi connectivity index (χ0n) is 8.40. The highest BCUT2D eigenvalue weighted by atomic mass is 15.1. The predicted molar refractivity (Wildman–Crippen MR) is 55.8 cm³/mol. The number of benzene rings is 1. The van der Waals surface area contributed by atoms with Crippen LogP contribution < -0.4 is 0 Å². The second kappa shape index (κ2) is 3.51. The van der Waals surface area contributed by atoms with Crippen LogP contribution in [0.1, 0.15) is 17.9 Å². The predicted octanol–water partition coefficient (Wildman–Crippen LogP) is 2.35. The molecule has 0 saturated heterocycles. The van der Waals surface area contributed by atoms with Gasteiger partial charge in [-0.2, -0.15) is 0 Å². The average Bonchev–Trinajstić information content (AvgIpc) is 2.84. The Morgan fingerprint density at radius 1 is 1.23 bits per heavy atom. The summed E-state index contributed by atoms with van der Waals surface area (Å²) < 4.78 is 0. The van der Waals surface area contributed by atoms with Crippen molar-refractivity contribution in [3.63, 3.8) is 0 Å². The van der Waals surface area contributed by atoms with Crippen LogP contribution in [0, 0.1) is 5.92 Å². The Morgan fingerprint density at radius 2 is 1.92 bits per heavy atom. The summed E-state index contributed by atoms with van der Waals surface area (Å²) in [6.45, 7) is 1.24. The number of hydrogen-bond acceptors (Lipinski definition) is 1. The Bertz CT molecular complexity index is 266. The number of nitrogens with zero attached hydrogens (tertiary/aromatic N) is 1. The Hall–Kier alpha value is -0.820. The highest BCUT2D eigenvalue weighted by Crippen LogP contribution is 2.47. The molecule has 1 unspecified atom stereocenters. The molecule has 0 aliphatic heterocycles. The van der Waals surface area contributed by atoms with Gasteiger partial charge in [-0.1, -0.05) is 30.3 Å². The van der Waals surface area contributed by atoms with E-state index in [0.717, 1.165) is 11.8 Å². The lowest BCUT2D eigenvalue weighted by molar-refractivity contribution is 0.385. The van der Waals surface area contributed by atoms with Crippen molar-refractivity contribution in [2.75, 3.05) is 20.6 Å². The van der Waals surface area contributed by atoms with E-state index in [1.807, 2.05) is 0 Å². The first kappa shape index (κ1) is 8.76. The van der Waals surface area contributed by atoms with Gasteiger partial charge in [0.2, 0.25) is 0 Å². The van der Waals surface area contributed by atoms with Crippen LogP contribution in [0.5, 0.6) is 0 Å². The Morgan fingerprint density at radius 3 is 2.54 bits per heavy atom. The van der Waals surface area contributed by atoms with Crippen LogP contribution in [-0.2, 0) is 0 Å². The summed E-state index contributed by atoms with van der Waals surface area (Å²) in [6, 6.07) is 10.9. The van der Waals surface area contributed by atoms with Gasteiger partial charge in [0.05, 0.1) is 0 Å². The van der Waals surface area contributed by atoms with E-state index < -0.39 is 0 Å². The van der Waals surface area contributed by atoms with E-state index in [2.05, 4.69) is 49.3 Å². The normalized spacial score (nSPS) is 26.4. The minimum atomic E-state index is 0.837. The highest BCUT2D eigenvalue weighted by molar-refractivity contribution is 5.25. The Labute approximate surface area is 80.4 Å². The maximum Gasteiger partial charge on any atom is 0.000963 e. The number of hydrogen-bond donors (Lipinski definition) is 0. The van der Waals surface area contributed by atoms with Crippen LogP contribution in [0.2, 0.25) is 0 Å². The molecule has 1 aliphatic carbocycles. The van der Waals surface area contributed by atoms with E-state index in [4.69, 9.17) is 0 Å². The van der Waals surface area contributed by atoms with Gasteiger partial charge in [-0.25, -0.2) is 0 Å². The van der Waals surface area contributed by atoms with Gasteiger partial charge in [0.1, 0.15) is 0 Å². The molecule has 1 aliphatic rings. The van der Waals surface area contributed by atoms with E-state index in [9.17, 15) is 0 Å². The zero-order chi connectivity index (χ0) is 9.26. The van der Waals surface area contributed by atoms with E-state index in [0.29, 0.717) is 0 Å². The minimum Gasteiger partial charge on any atom is -0.309 e. The maximum atomic E-state index is 2.29. The Kier molecular flexibility index (Phi) is 2.36. The van der Waals surface area contributed by atoms with Crippen molar-refractivity contribution in [1.29, 1.82) is 0 Å². The van der Waals surface area contributed by atoms with E-state index >= 15 is 0 Å². The topological polar surface area (TPSA) is 3.24 Å². The van der Waals surface area contributed by atoms with E-state index in [-0.39, 0.29) is 0 Å². The first-order valence-corrected chi connectivity index (χ1v) is 4.97. The molecule has 0 bridgehead atoms. The van der Waals surface area contributed by atoms with Crippen LogP contribution in [0.3, 0.4) is 0 Å². The van der Waals surface area contributed by atoms with Crippen LogP contribution >= 0.6 is 0 Å². The van der Waals surface area contributed by atoms with Crippen molar-refractivity contribution in [1.82, 2.24) is 4.90 Å². The summed E-state index contributed by atoms with van der Waals surface area (Å²) in [7, 11) is 4.31. The van der Waals surface area contributed by atoms with Crippen LogP contribution in [0.25, 0.3) is 0 Å². The third kappa shape index (κ3) is 2.10. The molecular weight excluding hydrogens is 158 g/mol. The van der Waals surface area contributed by atoms with Crippen molar-refractivity contribution in [2.24, 2.45) is 5.92 Å². The molecule has 1 fully saturated rings. The first-order chi connectivity index (χ1) is 6.27. The van der Waals surface area contributed by atoms with Crippen molar-refractivity contribution < 1.29 is 0 Å². The lowest BCUT2D eigenvalue weighted by Gasteiger charge is -2.08. The summed E-state index contributed by atoms with van der Waals surface area (Å²) in [5, 5.41) is 0. The molecule has 1 nitrogen and oxygen atoms in total. The van der Waals surface area contributed by atoms with Crippen molar-refractivity contribution >= 4 is 0 Å². The van der Waals surface area contributed by atoms with Gasteiger partial charge in [-0.05, 0) is 37.9 Å². The van der Waals surface area contributed by atoms with E-state index in [1.54, 1.807) is 0 Å². The molecule has 1 aromatic rings. The quantitative estimate of drug-likeness (QED) is 0.681. The maximum absolute atomic E-state index is 2.29. The van der Waals surface area contributed by atoms with Crippen LogP contribution in [0.15, 0.2) is 30.3 Å². The second-order valence-electron chi connectivity index (χ2n) is 4.28. The molecule has 0 aromatic heterocycles. The second-order valence-corrected chi connectivity index (χ2v) is 4.28. The summed E-state index contributed by atoms with van der Waals surface area (Å²) in [6.07, 6.45) is 1.38. The molecule has 2 rings (SSSR count). The molecule has 0 spiro atoms. The van der Waals surface area contributed by atoms with Crippen molar-refractivity contribution in [2.45, 2.75) is 12.3 Å². The van der Waals surface area contributed by atoms with Crippen LogP contribution in [0.4, 0.5) is 0 Å². The van der Waals surface area contributed by atoms with Crippen molar-refractivity contribution in [3.05, 3.63) is 35.9 Å². The van der Waals surface area contributed by atoms with Crippen LogP contribution in [-0.4, -0.2) is 25.5 Å². The molecule has 0 heterocycles. The van der Waals surface area contributed by atoms with Gasteiger partial charge in [-0.3, -0.25) is 0 Å². The fraction of sp³-hybridized carbons (Fsp3) is 0.500. The molecule has 1 saturated carbocycles. The third-order valence-corrected chi connectivity index (χ3v) is 2.75. The van der Waals surface area contributed by atoms with E-state index in [1.165, 1.54) is 18.5 Å². The van der Waals surface area contributed by atoms with Gasteiger partial charge in [-0.15, -0.1) is 0 Å². The SMILES string of the molecule is CN(C)C[C@H]1CC1c1ccccc1. The lowest BCUT2D eigenvalue weighted by Crippen LogP contribution is -2.15. The van der Waals surface area contributed by atoms with Crippen molar-refractivity contribution in [3.8, 4) is 0 Å². The molecule has 2 atom stereocenters. The summed E-state index contributed by atoms with van der Waals surface area (Å²) in [4.78, 5) is 2.29. The van der Waals surface area contributed by atoms with Gasteiger partial charge >= 0.3 is 0 Å². The molecule has 70 valence electrons. The monoisotopic (exact) mass is 175 g/mol. The zero-order valence-corrected chi connectivity index (χ0v) is 8.40. The average molecular weight is 175 g/mol. The third-order valence-electron chi connectivity index (χ3n) is 2.75.